The molecule has 7 heteroatoms. The van der Waals surface area contributed by atoms with E-state index in [1.807, 2.05) is 28.8 Å². The molecule has 1 fully saturated rings. The fraction of sp³-hybridized carbons (Fsp3) is 0.548. The lowest BCUT2D eigenvalue weighted by atomic mass is 9.72. The molecule has 0 aliphatic heterocycles. The molecule has 1 aromatic heterocycles. The van der Waals surface area contributed by atoms with Crippen LogP contribution < -0.4 is 5.32 Å². The summed E-state index contributed by atoms with van der Waals surface area (Å²) < 4.78 is 16.6. The van der Waals surface area contributed by atoms with Gasteiger partial charge in [0.1, 0.15) is 17.7 Å². The first-order chi connectivity index (χ1) is 18.1. The molecule has 1 aliphatic carbocycles. The topological polar surface area (TPSA) is 46.9 Å². The molecule has 206 valence electrons. The zero-order chi connectivity index (χ0) is 27.6. The highest BCUT2D eigenvalue weighted by atomic mass is 35.5. The van der Waals surface area contributed by atoms with Gasteiger partial charge in [-0.05, 0) is 67.3 Å². The van der Waals surface area contributed by atoms with Gasteiger partial charge in [-0.3, -0.25) is 4.79 Å². The maximum Gasteiger partial charge on any atom is 0.243 e. The van der Waals surface area contributed by atoms with Crippen molar-refractivity contribution >= 4 is 40.1 Å². The van der Waals surface area contributed by atoms with E-state index >= 15 is 0 Å². The number of carbonyl (C=O) groups excluding carboxylic acids is 1. The second kappa shape index (κ2) is 12.0. The molecule has 0 bridgehead atoms. The highest BCUT2D eigenvalue weighted by Crippen LogP contribution is 2.41. The van der Waals surface area contributed by atoms with Gasteiger partial charge in [-0.15, -0.1) is 0 Å². The largest absolute Gasteiger partial charge is 0.348 e. The Kier molecular flexibility index (Phi) is 9.09. The Labute approximate surface area is 236 Å². The minimum atomic E-state index is -0.522. The van der Waals surface area contributed by atoms with Crippen molar-refractivity contribution in [2.45, 2.75) is 91.1 Å². The average Bonchev–Trinajstić information content (AvgIpc) is 3.25. The number of halogens is 3. The first-order valence-corrected chi connectivity index (χ1v) is 14.8. The molecule has 4 rings (SSSR count). The Bertz CT molecular complexity index is 1270. The Balaban J connectivity index is 1.94. The zero-order valence-corrected chi connectivity index (χ0v) is 24.7. The van der Waals surface area contributed by atoms with E-state index in [9.17, 15) is 9.18 Å². The predicted molar refractivity (Wildman–Crippen MR) is 156 cm³/mol. The number of nitrogens with zero attached hydrogens (tertiary/aromatic N) is 2. The molecular weight excluding hydrogens is 520 g/mol. The minimum absolute atomic E-state index is 0.00251. The van der Waals surface area contributed by atoms with Crippen LogP contribution in [0.5, 0.6) is 0 Å². The van der Waals surface area contributed by atoms with Crippen LogP contribution in [-0.2, 0) is 4.79 Å². The van der Waals surface area contributed by atoms with Crippen molar-refractivity contribution in [3.63, 3.8) is 0 Å². The van der Waals surface area contributed by atoms with Crippen LogP contribution in [0.15, 0.2) is 36.4 Å². The monoisotopic (exact) mass is 559 g/mol. The van der Waals surface area contributed by atoms with E-state index in [1.54, 1.807) is 6.07 Å². The number of imidazole rings is 1. The Morgan fingerprint density at radius 1 is 1.11 bits per heavy atom. The van der Waals surface area contributed by atoms with Crippen molar-refractivity contribution in [3.05, 3.63) is 52.3 Å². The van der Waals surface area contributed by atoms with Gasteiger partial charge in [0.25, 0.3) is 0 Å². The quantitative estimate of drug-likeness (QED) is 0.284. The number of fused-ring (bicyclic) bond motifs is 1. The summed E-state index contributed by atoms with van der Waals surface area (Å²) in [5.74, 6) is 0.808. The van der Waals surface area contributed by atoms with Crippen LogP contribution in [-0.4, -0.2) is 21.0 Å². The standard InChI is InChI=1S/C31H40Cl2FN3O/c1-6-20(5)31(7-2,19(3)4)36-30(38)28(21-11-9-8-10-12-21)37-27-17-24(33)25(34)18-26(27)35-29(37)22-13-15-23(32)16-14-22/h13-21,28H,6-12H2,1-5H3,(H,36,38). The molecule has 1 heterocycles. The van der Waals surface area contributed by atoms with Gasteiger partial charge in [0.2, 0.25) is 5.91 Å². The number of benzene rings is 2. The summed E-state index contributed by atoms with van der Waals surface area (Å²) in [4.78, 5) is 19.4. The van der Waals surface area contributed by atoms with Crippen molar-refractivity contribution in [2.75, 3.05) is 0 Å². The molecule has 3 atom stereocenters. The highest BCUT2D eigenvalue weighted by Gasteiger charge is 2.42. The molecule has 0 radical (unpaired) electrons. The van der Waals surface area contributed by atoms with Crippen molar-refractivity contribution in [3.8, 4) is 11.4 Å². The van der Waals surface area contributed by atoms with Gasteiger partial charge in [0, 0.05) is 22.2 Å². The SMILES string of the molecule is CCC(C)C(CC)(NC(=O)C(C1CCCCC1)n1c(-c2ccc(Cl)cc2)nc2cc(F)c(Cl)cc21)C(C)C. The van der Waals surface area contributed by atoms with E-state index in [2.05, 4.69) is 39.9 Å². The van der Waals surface area contributed by atoms with Crippen LogP contribution >= 0.6 is 23.2 Å². The number of amides is 1. The Morgan fingerprint density at radius 3 is 2.34 bits per heavy atom. The lowest BCUT2D eigenvalue weighted by Crippen LogP contribution is -2.58. The average molecular weight is 561 g/mol. The number of nitrogens with one attached hydrogen (secondary N) is 1. The molecule has 3 unspecified atom stereocenters. The van der Waals surface area contributed by atoms with Gasteiger partial charge >= 0.3 is 0 Å². The summed E-state index contributed by atoms with van der Waals surface area (Å²) in [7, 11) is 0. The molecule has 0 spiro atoms. The van der Waals surface area contributed by atoms with E-state index in [1.165, 1.54) is 12.5 Å². The second-order valence-electron chi connectivity index (χ2n) is 11.3. The van der Waals surface area contributed by atoms with E-state index in [0.29, 0.717) is 27.8 Å². The lowest BCUT2D eigenvalue weighted by molar-refractivity contribution is -0.130. The third-order valence-corrected chi connectivity index (χ3v) is 9.48. The van der Waals surface area contributed by atoms with Crippen molar-refractivity contribution in [2.24, 2.45) is 17.8 Å². The molecule has 3 aromatic rings. The predicted octanol–water partition coefficient (Wildman–Crippen LogP) is 9.24. The van der Waals surface area contributed by atoms with Gasteiger partial charge in [-0.25, -0.2) is 9.37 Å². The zero-order valence-electron chi connectivity index (χ0n) is 23.2. The summed E-state index contributed by atoms with van der Waals surface area (Å²) in [6.07, 6.45) is 7.07. The fourth-order valence-corrected chi connectivity index (χ4v) is 6.80. The minimum Gasteiger partial charge on any atom is -0.348 e. The fourth-order valence-electron chi connectivity index (χ4n) is 6.52. The molecule has 1 N–H and O–H groups in total. The first-order valence-electron chi connectivity index (χ1n) is 14.1. The van der Waals surface area contributed by atoms with Crippen molar-refractivity contribution in [1.29, 1.82) is 0 Å². The molecule has 4 nitrogen and oxygen atoms in total. The van der Waals surface area contributed by atoms with E-state index in [4.69, 9.17) is 28.2 Å². The van der Waals surface area contributed by atoms with Gasteiger partial charge in [0.15, 0.2) is 0 Å². The van der Waals surface area contributed by atoms with Crippen LogP contribution in [0, 0.1) is 23.6 Å². The van der Waals surface area contributed by atoms with Gasteiger partial charge in [-0.2, -0.15) is 0 Å². The summed E-state index contributed by atoms with van der Waals surface area (Å²) in [5, 5.41) is 4.22. The lowest BCUT2D eigenvalue weighted by Gasteiger charge is -2.44. The van der Waals surface area contributed by atoms with Crippen LogP contribution in [0.1, 0.15) is 85.6 Å². The van der Waals surface area contributed by atoms with Gasteiger partial charge in [-0.1, -0.05) is 83.5 Å². The van der Waals surface area contributed by atoms with E-state index in [-0.39, 0.29) is 28.3 Å². The van der Waals surface area contributed by atoms with E-state index in [0.717, 1.165) is 44.1 Å². The first kappa shape index (κ1) is 28.9. The number of hydrogen-bond donors (Lipinski definition) is 1. The summed E-state index contributed by atoms with van der Waals surface area (Å²) >= 11 is 12.5. The molecule has 2 aromatic carbocycles. The van der Waals surface area contributed by atoms with Crippen LogP contribution in [0.25, 0.3) is 22.4 Å². The van der Waals surface area contributed by atoms with E-state index < -0.39 is 11.9 Å². The summed E-state index contributed by atoms with van der Waals surface area (Å²) in [6, 6.07) is 9.91. The maximum absolute atomic E-state index is 14.6. The molecular formula is C31H40Cl2FN3O. The number of hydrogen-bond acceptors (Lipinski definition) is 2. The Morgan fingerprint density at radius 2 is 1.76 bits per heavy atom. The molecule has 38 heavy (non-hydrogen) atoms. The van der Waals surface area contributed by atoms with Gasteiger partial charge < -0.3 is 9.88 Å². The summed E-state index contributed by atoms with van der Waals surface area (Å²) in [5.41, 5.74) is 1.64. The molecule has 0 saturated heterocycles. The molecule has 1 amide bonds. The third kappa shape index (κ3) is 5.47. The Hall–Kier alpha value is -2.11. The normalized spacial score (nSPS) is 17.9. The van der Waals surface area contributed by atoms with Crippen molar-refractivity contribution < 1.29 is 9.18 Å². The van der Waals surface area contributed by atoms with Crippen molar-refractivity contribution in [1.82, 2.24) is 14.9 Å². The summed E-state index contributed by atoms with van der Waals surface area (Å²) in [6.45, 7) is 11.0. The highest BCUT2D eigenvalue weighted by molar-refractivity contribution is 6.31. The molecule has 1 saturated carbocycles. The second-order valence-corrected chi connectivity index (χ2v) is 12.1. The van der Waals surface area contributed by atoms with Crippen LogP contribution in [0.3, 0.4) is 0 Å². The molecule has 1 aliphatic rings. The smallest absolute Gasteiger partial charge is 0.243 e. The van der Waals surface area contributed by atoms with Crippen LogP contribution in [0.4, 0.5) is 4.39 Å². The van der Waals surface area contributed by atoms with Gasteiger partial charge in [0.05, 0.1) is 16.1 Å². The number of rotatable bonds is 9. The number of aromatic nitrogens is 2. The maximum atomic E-state index is 14.6. The van der Waals surface area contributed by atoms with Crippen LogP contribution in [0.2, 0.25) is 10.0 Å². The number of carbonyl (C=O) groups is 1. The third-order valence-electron chi connectivity index (χ3n) is 8.94.